The number of anilines is 3. The van der Waals surface area contributed by atoms with Gasteiger partial charge in [0.1, 0.15) is 0 Å². The molecule has 0 aromatic heterocycles. The molecule has 0 fully saturated rings. The molecule has 0 saturated heterocycles. The molecule has 1 nitrogen and oxygen atoms in total. The van der Waals surface area contributed by atoms with Gasteiger partial charge in [0.05, 0.1) is 5.69 Å². The van der Waals surface area contributed by atoms with Gasteiger partial charge in [0.15, 0.2) is 0 Å². The van der Waals surface area contributed by atoms with E-state index in [1.165, 1.54) is 78.1 Å². The lowest BCUT2D eigenvalue weighted by Gasteiger charge is -2.31. The molecule has 7 aromatic carbocycles. The van der Waals surface area contributed by atoms with E-state index in [1.54, 1.807) is 0 Å². The van der Waals surface area contributed by atoms with E-state index < -0.39 is 0 Å². The third kappa shape index (κ3) is 4.53. The van der Waals surface area contributed by atoms with Crippen molar-refractivity contribution >= 4 is 17.1 Å². The number of para-hydroxylation sites is 1. The van der Waals surface area contributed by atoms with Crippen molar-refractivity contribution in [3.05, 3.63) is 186 Å². The Morgan fingerprint density at radius 1 is 0.327 bits per heavy atom. The first-order valence-electron chi connectivity index (χ1n) is 17.4. The topological polar surface area (TPSA) is 3.24 Å². The fourth-order valence-electron chi connectivity index (χ4n) is 8.50. The maximum atomic E-state index is 2.49. The van der Waals surface area contributed by atoms with E-state index in [-0.39, 0.29) is 10.8 Å². The summed E-state index contributed by atoms with van der Waals surface area (Å²) in [4.78, 5) is 2.49. The third-order valence-electron chi connectivity index (χ3n) is 11.1. The summed E-state index contributed by atoms with van der Waals surface area (Å²) in [5.74, 6) is 0. The summed E-state index contributed by atoms with van der Waals surface area (Å²) >= 11 is 0. The van der Waals surface area contributed by atoms with Crippen molar-refractivity contribution in [2.45, 2.75) is 38.5 Å². The Balaban J connectivity index is 1.26. The molecule has 0 aliphatic heterocycles. The second-order valence-corrected chi connectivity index (χ2v) is 14.6. The van der Waals surface area contributed by atoms with Gasteiger partial charge in [-0.2, -0.15) is 0 Å². The highest BCUT2D eigenvalue weighted by Crippen LogP contribution is 2.53. The zero-order chi connectivity index (χ0) is 33.3. The summed E-state index contributed by atoms with van der Waals surface area (Å²) in [5.41, 5.74) is 19.0. The van der Waals surface area contributed by atoms with Crippen LogP contribution in [0.5, 0.6) is 0 Å². The number of benzene rings is 7. The van der Waals surface area contributed by atoms with Crippen molar-refractivity contribution in [2.75, 3.05) is 4.90 Å². The average Bonchev–Trinajstić information content (AvgIpc) is 3.52. The highest BCUT2D eigenvalue weighted by Gasteiger charge is 2.37. The molecule has 0 spiro atoms. The molecule has 1 heteroatoms. The van der Waals surface area contributed by atoms with Gasteiger partial charge in [-0.05, 0) is 97.6 Å². The normalized spacial score (nSPS) is 14.4. The molecule has 0 N–H and O–H groups in total. The molecular weight excluding hydrogens is 591 g/mol. The maximum Gasteiger partial charge on any atom is 0.0540 e. The standard InChI is InChI=1S/C48H39N/c1-47(2)42-22-11-8-20-38(42)40-27-25-35(30-44(40)47)49(36-26-28-41-39-21-9-12-23-43(39)48(3,4)45(41)31-36)46-24-13-10-19-37(46)34-18-14-17-33(29-34)32-15-6-5-7-16-32/h5-31H,1-4H3. The van der Waals surface area contributed by atoms with Gasteiger partial charge in [-0.25, -0.2) is 0 Å². The quantitative estimate of drug-likeness (QED) is 0.183. The summed E-state index contributed by atoms with van der Waals surface area (Å²) in [6.07, 6.45) is 0. The fourth-order valence-corrected chi connectivity index (χ4v) is 8.50. The van der Waals surface area contributed by atoms with Crippen LogP contribution in [0.3, 0.4) is 0 Å². The third-order valence-corrected chi connectivity index (χ3v) is 11.1. The second kappa shape index (κ2) is 10.9. The minimum atomic E-state index is -0.0985. The highest BCUT2D eigenvalue weighted by atomic mass is 15.1. The molecule has 0 radical (unpaired) electrons. The molecule has 9 rings (SSSR count). The highest BCUT2D eigenvalue weighted by molar-refractivity contribution is 5.93. The summed E-state index contributed by atoms with van der Waals surface area (Å²) in [7, 11) is 0. The fraction of sp³-hybridized carbons (Fsp3) is 0.125. The lowest BCUT2D eigenvalue weighted by molar-refractivity contribution is 0.660. The predicted octanol–water partition coefficient (Wildman–Crippen LogP) is 13.1. The number of fused-ring (bicyclic) bond motifs is 6. The summed E-state index contributed by atoms with van der Waals surface area (Å²) in [5, 5.41) is 0. The molecule has 0 amide bonds. The molecule has 0 heterocycles. The minimum Gasteiger partial charge on any atom is -0.310 e. The Labute approximate surface area is 290 Å². The second-order valence-electron chi connectivity index (χ2n) is 14.6. The number of hydrogen-bond acceptors (Lipinski definition) is 1. The summed E-state index contributed by atoms with van der Waals surface area (Å²) in [6, 6.07) is 60.5. The maximum absolute atomic E-state index is 2.49. The molecule has 7 aromatic rings. The zero-order valence-corrected chi connectivity index (χ0v) is 28.5. The SMILES string of the molecule is CC1(C)c2ccccc2-c2ccc(N(c3ccc4c(c3)C(C)(C)c3ccccc3-4)c3ccccc3-c3cccc(-c4ccccc4)c3)cc21. The van der Waals surface area contributed by atoms with Crippen molar-refractivity contribution in [3.8, 4) is 44.5 Å². The number of rotatable bonds is 5. The molecule has 2 aliphatic carbocycles. The largest absolute Gasteiger partial charge is 0.310 e. The van der Waals surface area contributed by atoms with E-state index in [4.69, 9.17) is 0 Å². The van der Waals surface area contributed by atoms with Gasteiger partial charge >= 0.3 is 0 Å². The van der Waals surface area contributed by atoms with Gasteiger partial charge in [-0.1, -0.05) is 155 Å². The van der Waals surface area contributed by atoms with Crippen LogP contribution in [-0.4, -0.2) is 0 Å². The Hall–Kier alpha value is -5.66. The van der Waals surface area contributed by atoms with Crippen molar-refractivity contribution in [1.82, 2.24) is 0 Å². The number of nitrogens with zero attached hydrogens (tertiary/aromatic N) is 1. The molecule has 2 aliphatic rings. The van der Waals surface area contributed by atoms with Gasteiger partial charge in [0.25, 0.3) is 0 Å². The summed E-state index contributed by atoms with van der Waals surface area (Å²) < 4.78 is 0. The van der Waals surface area contributed by atoms with Crippen LogP contribution >= 0.6 is 0 Å². The smallest absolute Gasteiger partial charge is 0.0540 e. The monoisotopic (exact) mass is 629 g/mol. The van der Waals surface area contributed by atoms with E-state index in [1.807, 2.05) is 0 Å². The summed E-state index contributed by atoms with van der Waals surface area (Å²) in [6.45, 7) is 9.46. The zero-order valence-electron chi connectivity index (χ0n) is 28.5. The molecule has 0 atom stereocenters. The van der Waals surface area contributed by atoms with Crippen LogP contribution in [0.15, 0.2) is 164 Å². The van der Waals surface area contributed by atoms with Crippen molar-refractivity contribution in [1.29, 1.82) is 0 Å². The van der Waals surface area contributed by atoms with E-state index in [2.05, 4.69) is 196 Å². The van der Waals surface area contributed by atoms with Gasteiger partial charge in [0, 0.05) is 27.8 Å². The van der Waals surface area contributed by atoms with E-state index in [9.17, 15) is 0 Å². The number of hydrogen-bond donors (Lipinski definition) is 0. The average molecular weight is 630 g/mol. The van der Waals surface area contributed by atoms with Crippen molar-refractivity contribution in [2.24, 2.45) is 0 Å². The lowest BCUT2D eigenvalue weighted by atomic mass is 9.82. The first-order chi connectivity index (χ1) is 23.8. The van der Waals surface area contributed by atoms with Gasteiger partial charge < -0.3 is 4.90 Å². The molecule has 0 saturated carbocycles. The van der Waals surface area contributed by atoms with Crippen molar-refractivity contribution < 1.29 is 0 Å². The van der Waals surface area contributed by atoms with Crippen LogP contribution in [0.4, 0.5) is 17.1 Å². The molecule has 0 unspecified atom stereocenters. The Morgan fingerprint density at radius 2 is 0.776 bits per heavy atom. The Kier molecular flexibility index (Phi) is 6.58. The first kappa shape index (κ1) is 29.5. The van der Waals surface area contributed by atoms with Crippen LogP contribution < -0.4 is 4.90 Å². The van der Waals surface area contributed by atoms with Crippen LogP contribution in [0, 0.1) is 0 Å². The van der Waals surface area contributed by atoms with Crippen molar-refractivity contribution in [3.63, 3.8) is 0 Å². The predicted molar refractivity (Wildman–Crippen MR) is 207 cm³/mol. The van der Waals surface area contributed by atoms with Crippen LogP contribution in [0.2, 0.25) is 0 Å². The van der Waals surface area contributed by atoms with Gasteiger partial charge in [0.2, 0.25) is 0 Å². The van der Waals surface area contributed by atoms with Crippen LogP contribution in [0.25, 0.3) is 44.5 Å². The van der Waals surface area contributed by atoms with Gasteiger partial charge in [-0.15, -0.1) is 0 Å². The molecule has 49 heavy (non-hydrogen) atoms. The minimum absolute atomic E-state index is 0.0985. The van der Waals surface area contributed by atoms with E-state index in [0.29, 0.717) is 0 Å². The lowest BCUT2D eigenvalue weighted by Crippen LogP contribution is -2.18. The Bertz CT molecular complexity index is 2290. The van der Waals surface area contributed by atoms with Gasteiger partial charge in [-0.3, -0.25) is 0 Å². The Morgan fingerprint density at radius 3 is 1.37 bits per heavy atom. The van der Waals surface area contributed by atoms with E-state index in [0.717, 1.165) is 5.69 Å². The van der Waals surface area contributed by atoms with Crippen LogP contribution in [0.1, 0.15) is 49.9 Å². The molecule has 236 valence electrons. The van der Waals surface area contributed by atoms with E-state index >= 15 is 0 Å². The first-order valence-corrected chi connectivity index (χ1v) is 17.4. The molecule has 0 bridgehead atoms. The van der Waals surface area contributed by atoms with Crippen LogP contribution in [-0.2, 0) is 10.8 Å². The molecular formula is C48H39N.